The number of urea groups is 1. The van der Waals surface area contributed by atoms with E-state index in [9.17, 15) is 9.59 Å². The Morgan fingerprint density at radius 3 is 2.33 bits per heavy atom. The fraction of sp³-hybridized carbons (Fsp3) is 0.211. The molecule has 0 bridgehead atoms. The maximum absolute atomic E-state index is 12.9. The summed E-state index contributed by atoms with van der Waals surface area (Å²) in [5.74, 6) is 0.211. The molecule has 1 saturated heterocycles. The number of nitrogens with zero attached hydrogens (tertiary/aromatic N) is 1. The first-order valence-corrected chi connectivity index (χ1v) is 8.70. The molecule has 1 heterocycles. The maximum atomic E-state index is 12.9. The molecule has 0 saturated carbocycles. The molecule has 0 unspecified atom stereocenters. The molecule has 3 rings (SSSR count). The summed E-state index contributed by atoms with van der Waals surface area (Å²) in [7, 11) is 1.56. The third kappa shape index (κ3) is 3.70. The standard InChI is InChI=1S/C19H20N4O3S/c1-12-4-8-14(9-5-12)20-17(27)22-23-16(24)19(2,21-18(23)25)13-6-10-15(26-3)11-7-13/h4-11H,1-3H3,(H,21,25)(H2,20,22,27)/t19-/m0/s1. The molecule has 1 aliphatic rings. The summed E-state index contributed by atoms with van der Waals surface area (Å²) < 4.78 is 5.13. The zero-order valence-electron chi connectivity index (χ0n) is 15.2. The van der Waals surface area contributed by atoms with Crippen molar-refractivity contribution in [2.45, 2.75) is 19.4 Å². The van der Waals surface area contributed by atoms with Gasteiger partial charge in [-0.15, -0.1) is 0 Å². The molecule has 0 aliphatic carbocycles. The monoisotopic (exact) mass is 384 g/mol. The molecule has 8 heteroatoms. The lowest BCUT2D eigenvalue weighted by molar-refractivity contribution is -0.132. The number of hydrogen-bond acceptors (Lipinski definition) is 4. The van der Waals surface area contributed by atoms with Gasteiger partial charge >= 0.3 is 6.03 Å². The van der Waals surface area contributed by atoms with Gasteiger partial charge in [-0.05, 0) is 55.9 Å². The summed E-state index contributed by atoms with van der Waals surface area (Å²) in [4.78, 5) is 25.2. The van der Waals surface area contributed by atoms with Crippen LogP contribution in [0.25, 0.3) is 0 Å². The lowest BCUT2D eigenvalue weighted by Crippen LogP contribution is -2.49. The highest BCUT2D eigenvalue weighted by Gasteiger charge is 2.49. The minimum atomic E-state index is -1.20. The normalized spacial score (nSPS) is 18.9. The van der Waals surface area contributed by atoms with Gasteiger partial charge in [0.15, 0.2) is 5.11 Å². The van der Waals surface area contributed by atoms with Crippen LogP contribution in [0.15, 0.2) is 48.5 Å². The van der Waals surface area contributed by atoms with Crippen molar-refractivity contribution in [3.8, 4) is 5.75 Å². The van der Waals surface area contributed by atoms with Gasteiger partial charge in [-0.25, -0.2) is 4.79 Å². The van der Waals surface area contributed by atoms with E-state index in [0.717, 1.165) is 16.3 Å². The van der Waals surface area contributed by atoms with Crippen LogP contribution in [0.3, 0.4) is 0 Å². The number of carbonyl (C=O) groups excluding carboxylic acids is 2. The number of benzene rings is 2. The van der Waals surface area contributed by atoms with Crippen LogP contribution in [0.2, 0.25) is 0 Å². The highest BCUT2D eigenvalue weighted by Crippen LogP contribution is 2.29. The highest BCUT2D eigenvalue weighted by atomic mass is 32.1. The molecule has 3 amide bonds. The lowest BCUT2D eigenvalue weighted by atomic mass is 9.92. The van der Waals surface area contributed by atoms with Crippen LogP contribution in [-0.2, 0) is 10.3 Å². The van der Waals surface area contributed by atoms with Gasteiger partial charge in [-0.1, -0.05) is 29.8 Å². The Hall–Kier alpha value is -3.13. The first-order valence-electron chi connectivity index (χ1n) is 8.29. The SMILES string of the molecule is COc1ccc([C@]2(C)NC(=O)N(NC(=S)Nc3ccc(C)cc3)C2=O)cc1. The second-order valence-electron chi connectivity index (χ2n) is 6.36. The zero-order chi connectivity index (χ0) is 19.6. The largest absolute Gasteiger partial charge is 0.497 e. The molecule has 0 spiro atoms. The number of thiocarbonyl (C=S) groups is 1. The number of rotatable bonds is 4. The second-order valence-corrected chi connectivity index (χ2v) is 6.76. The van der Waals surface area contributed by atoms with Gasteiger partial charge in [0.25, 0.3) is 5.91 Å². The summed E-state index contributed by atoms with van der Waals surface area (Å²) in [6.07, 6.45) is 0. The smallest absolute Gasteiger partial charge is 0.344 e. The average Bonchev–Trinajstić information content (AvgIpc) is 2.88. The van der Waals surface area contributed by atoms with E-state index < -0.39 is 17.5 Å². The summed E-state index contributed by atoms with van der Waals surface area (Å²) in [5.41, 5.74) is 3.97. The van der Waals surface area contributed by atoms with E-state index in [0.29, 0.717) is 11.3 Å². The minimum Gasteiger partial charge on any atom is -0.497 e. The van der Waals surface area contributed by atoms with Gasteiger partial charge in [0.1, 0.15) is 11.3 Å². The van der Waals surface area contributed by atoms with Crippen molar-refractivity contribution in [1.82, 2.24) is 15.8 Å². The van der Waals surface area contributed by atoms with E-state index in [1.165, 1.54) is 0 Å². The second kappa shape index (κ2) is 7.24. The molecule has 3 N–H and O–H groups in total. The Morgan fingerprint density at radius 1 is 1.11 bits per heavy atom. The van der Waals surface area contributed by atoms with Crippen molar-refractivity contribution in [3.63, 3.8) is 0 Å². The molecule has 140 valence electrons. The van der Waals surface area contributed by atoms with Gasteiger partial charge < -0.3 is 15.4 Å². The maximum Gasteiger partial charge on any atom is 0.344 e. The number of aryl methyl sites for hydroxylation is 1. The Labute approximate surface area is 162 Å². The van der Waals surface area contributed by atoms with Gasteiger partial charge in [-0.2, -0.15) is 5.01 Å². The van der Waals surface area contributed by atoms with Gasteiger partial charge in [-0.3, -0.25) is 10.2 Å². The predicted molar refractivity (Wildman–Crippen MR) is 106 cm³/mol. The number of amides is 3. The van der Waals surface area contributed by atoms with E-state index in [2.05, 4.69) is 16.1 Å². The third-order valence-electron chi connectivity index (χ3n) is 4.38. The molecule has 2 aromatic rings. The number of ether oxygens (including phenoxy) is 1. The van der Waals surface area contributed by atoms with Crippen LogP contribution in [0.5, 0.6) is 5.75 Å². The Kier molecular flexibility index (Phi) is 5.00. The number of methoxy groups -OCH3 is 1. The van der Waals surface area contributed by atoms with E-state index >= 15 is 0 Å². The van der Waals surface area contributed by atoms with Crippen molar-refractivity contribution >= 4 is 35.0 Å². The molecule has 2 aromatic carbocycles. The van der Waals surface area contributed by atoms with Crippen molar-refractivity contribution in [2.24, 2.45) is 0 Å². The first kappa shape index (κ1) is 18.7. The number of hydrogen-bond donors (Lipinski definition) is 3. The summed E-state index contributed by atoms with van der Waals surface area (Å²) in [5, 5.41) is 6.68. The molecule has 0 radical (unpaired) electrons. The van der Waals surface area contributed by atoms with Gasteiger partial charge in [0.2, 0.25) is 0 Å². The van der Waals surface area contributed by atoms with E-state index in [1.807, 2.05) is 31.2 Å². The molecule has 27 heavy (non-hydrogen) atoms. The quantitative estimate of drug-likeness (QED) is 0.555. The molecule has 1 atom stereocenters. The summed E-state index contributed by atoms with van der Waals surface area (Å²) in [6, 6.07) is 13.9. The molecule has 7 nitrogen and oxygen atoms in total. The Morgan fingerprint density at radius 2 is 1.74 bits per heavy atom. The van der Waals surface area contributed by atoms with Crippen LogP contribution >= 0.6 is 12.2 Å². The van der Waals surface area contributed by atoms with Crippen LogP contribution in [0.1, 0.15) is 18.1 Å². The zero-order valence-corrected chi connectivity index (χ0v) is 16.0. The van der Waals surface area contributed by atoms with Crippen molar-refractivity contribution in [3.05, 3.63) is 59.7 Å². The molecule has 0 aromatic heterocycles. The minimum absolute atomic E-state index is 0.140. The lowest BCUT2D eigenvalue weighted by Gasteiger charge is -2.23. The summed E-state index contributed by atoms with van der Waals surface area (Å²) >= 11 is 5.22. The fourth-order valence-corrected chi connectivity index (χ4v) is 2.97. The number of carbonyl (C=O) groups is 2. The van der Waals surface area contributed by atoms with E-state index in [-0.39, 0.29) is 5.11 Å². The average molecular weight is 384 g/mol. The van der Waals surface area contributed by atoms with Crippen LogP contribution < -0.4 is 20.8 Å². The van der Waals surface area contributed by atoms with Crippen molar-refractivity contribution < 1.29 is 14.3 Å². The predicted octanol–water partition coefficient (Wildman–Crippen LogP) is 2.67. The fourth-order valence-electron chi connectivity index (χ4n) is 2.76. The molecular weight excluding hydrogens is 364 g/mol. The highest BCUT2D eigenvalue weighted by molar-refractivity contribution is 7.80. The first-order chi connectivity index (χ1) is 12.8. The van der Waals surface area contributed by atoms with Crippen LogP contribution in [0.4, 0.5) is 10.5 Å². The molecular formula is C19H20N4O3S. The van der Waals surface area contributed by atoms with E-state index in [1.54, 1.807) is 38.3 Å². The van der Waals surface area contributed by atoms with Crippen LogP contribution in [-0.4, -0.2) is 29.2 Å². The Balaban J connectivity index is 1.73. The number of hydrazine groups is 1. The van der Waals surface area contributed by atoms with Crippen molar-refractivity contribution in [1.29, 1.82) is 0 Å². The number of imide groups is 1. The molecule has 1 aliphatic heterocycles. The third-order valence-corrected chi connectivity index (χ3v) is 4.57. The van der Waals surface area contributed by atoms with Crippen LogP contribution in [0, 0.1) is 6.92 Å². The van der Waals surface area contributed by atoms with Crippen molar-refractivity contribution in [2.75, 3.05) is 12.4 Å². The number of nitrogens with one attached hydrogen (secondary N) is 3. The van der Waals surface area contributed by atoms with Gasteiger partial charge in [0, 0.05) is 5.69 Å². The Bertz CT molecular complexity index is 883. The van der Waals surface area contributed by atoms with Gasteiger partial charge in [0.05, 0.1) is 7.11 Å². The topological polar surface area (TPSA) is 82.7 Å². The molecule has 1 fully saturated rings. The van der Waals surface area contributed by atoms with E-state index in [4.69, 9.17) is 17.0 Å². The number of anilines is 1. The summed E-state index contributed by atoms with van der Waals surface area (Å²) in [6.45, 7) is 3.63.